The van der Waals surface area contributed by atoms with Crippen LogP contribution in [0.4, 0.5) is 5.69 Å². The van der Waals surface area contributed by atoms with Crippen LogP contribution in [0, 0.1) is 5.92 Å². The monoisotopic (exact) mass is 467 g/mol. The molecule has 11 nitrogen and oxygen atoms in total. The Labute approximate surface area is 196 Å². The molecule has 0 radical (unpaired) electrons. The maximum absolute atomic E-state index is 12.5. The van der Waals surface area contributed by atoms with E-state index in [0.29, 0.717) is 36.9 Å². The van der Waals surface area contributed by atoms with E-state index in [1.165, 1.54) is 6.42 Å². The molecule has 2 N–H and O–H groups in total. The average molecular weight is 468 g/mol. The lowest BCUT2D eigenvalue weighted by molar-refractivity contribution is -0.147. The number of esters is 1. The number of hydrogen-bond acceptors (Lipinski definition) is 9. The van der Waals surface area contributed by atoms with E-state index < -0.39 is 0 Å². The third-order valence-corrected chi connectivity index (χ3v) is 6.55. The largest absolute Gasteiger partial charge is 0.466 e. The standard InChI is InChI=1S/C23H29N7O4/c1-2-30-21-16(12-26-30)20(27-15-8-9-33-19(31)10-15)17(11-24-21)23-28-18(29-34-23)13-25-22(32)14-6-4-3-5-7-14/h11-12,14-15H,2-10,13H2,1H3,(H,24,27)(H,25,32). The summed E-state index contributed by atoms with van der Waals surface area (Å²) in [5, 5.41) is 15.7. The van der Waals surface area contributed by atoms with Gasteiger partial charge in [0.2, 0.25) is 5.91 Å². The van der Waals surface area contributed by atoms with Gasteiger partial charge in [-0.15, -0.1) is 0 Å². The summed E-state index contributed by atoms with van der Waals surface area (Å²) in [5.74, 6) is 0.582. The SMILES string of the molecule is CCn1ncc2c(NC3CCOC(=O)C3)c(-c3nc(CNC(=O)C4CCCCC4)no3)cnc21. The van der Waals surface area contributed by atoms with Gasteiger partial charge < -0.3 is 19.9 Å². The summed E-state index contributed by atoms with van der Waals surface area (Å²) in [6, 6.07) is -0.0900. The second kappa shape index (κ2) is 9.78. The molecule has 1 saturated carbocycles. The summed E-state index contributed by atoms with van der Waals surface area (Å²) in [5.41, 5.74) is 2.09. The first-order valence-corrected chi connectivity index (χ1v) is 12.0. The van der Waals surface area contributed by atoms with Gasteiger partial charge in [0.15, 0.2) is 11.5 Å². The Bertz CT molecular complexity index is 1180. The number of fused-ring (bicyclic) bond motifs is 1. The molecule has 0 spiro atoms. The number of carbonyl (C=O) groups is 2. The average Bonchev–Trinajstić information content (AvgIpc) is 3.50. The lowest BCUT2D eigenvalue weighted by atomic mass is 9.89. The molecule has 0 aromatic carbocycles. The van der Waals surface area contributed by atoms with E-state index in [1.54, 1.807) is 17.1 Å². The lowest BCUT2D eigenvalue weighted by Crippen LogP contribution is -2.31. The first-order chi connectivity index (χ1) is 16.6. The minimum absolute atomic E-state index is 0.0488. The minimum atomic E-state index is -0.228. The number of rotatable bonds is 7. The van der Waals surface area contributed by atoms with Crippen molar-refractivity contribution in [3.05, 3.63) is 18.2 Å². The highest BCUT2D eigenvalue weighted by atomic mass is 16.5. The molecule has 5 rings (SSSR count). The zero-order valence-corrected chi connectivity index (χ0v) is 19.2. The number of amides is 1. The molecule has 180 valence electrons. The Morgan fingerprint density at radius 1 is 1.21 bits per heavy atom. The van der Waals surface area contributed by atoms with Gasteiger partial charge >= 0.3 is 5.97 Å². The number of ether oxygens (including phenoxy) is 1. The zero-order chi connectivity index (χ0) is 23.5. The third-order valence-electron chi connectivity index (χ3n) is 6.55. The second-order valence-corrected chi connectivity index (χ2v) is 8.87. The molecule has 0 bridgehead atoms. The van der Waals surface area contributed by atoms with Crippen molar-refractivity contribution in [2.45, 2.75) is 71.0 Å². The summed E-state index contributed by atoms with van der Waals surface area (Å²) in [6.45, 7) is 3.26. The van der Waals surface area contributed by atoms with E-state index in [0.717, 1.165) is 42.4 Å². The molecule has 2 aliphatic rings. The Hall–Kier alpha value is -3.50. The van der Waals surface area contributed by atoms with Gasteiger partial charge in [-0.2, -0.15) is 10.1 Å². The summed E-state index contributed by atoms with van der Waals surface area (Å²) in [4.78, 5) is 33.4. The molecule has 1 aliphatic carbocycles. The van der Waals surface area contributed by atoms with Crippen LogP contribution >= 0.6 is 0 Å². The summed E-state index contributed by atoms with van der Waals surface area (Å²) in [7, 11) is 0. The predicted octanol–water partition coefficient (Wildman–Crippen LogP) is 2.82. The van der Waals surface area contributed by atoms with Gasteiger partial charge in [0, 0.05) is 31.1 Å². The van der Waals surface area contributed by atoms with Crippen molar-refractivity contribution < 1.29 is 18.8 Å². The summed E-state index contributed by atoms with van der Waals surface area (Å²) < 4.78 is 12.4. The Morgan fingerprint density at radius 3 is 2.85 bits per heavy atom. The molecule has 34 heavy (non-hydrogen) atoms. The number of pyridine rings is 1. The number of nitrogens with one attached hydrogen (secondary N) is 2. The van der Waals surface area contributed by atoms with Crippen LogP contribution in [-0.2, 0) is 27.4 Å². The molecule has 1 saturated heterocycles. The van der Waals surface area contributed by atoms with Crippen molar-refractivity contribution >= 4 is 28.6 Å². The fraction of sp³-hybridized carbons (Fsp3) is 0.565. The fourth-order valence-electron chi connectivity index (χ4n) is 4.69. The van der Waals surface area contributed by atoms with Crippen molar-refractivity contribution in [3.8, 4) is 11.5 Å². The molecule has 1 unspecified atom stereocenters. The van der Waals surface area contributed by atoms with Crippen molar-refractivity contribution in [2.24, 2.45) is 5.92 Å². The van der Waals surface area contributed by atoms with E-state index in [4.69, 9.17) is 9.26 Å². The highest BCUT2D eigenvalue weighted by Gasteiger charge is 2.26. The van der Waals surface area contributed by atoms with Crippen LogP contribution in [0.5, 0.6) is 0 Å². The van der Waals surface area contributed by atoms with Crippen LogP contribution in [0.25, 0.3) is 22.5 Å². The van der Waals surface area contributed by atoms with Crippen molar-refractivity contribution in [1.29, 1.82) is 0 Å². The molecular formula is C23H29N7O4. The van der Waals surface area contributed by atoms with Crippen molar-refractivity contribution in [3.63, 3.8) is 0 Å². The number of anilines is 1. The summed E-state index contributed by atoms with van der Waals surface area (Å²) in [6.07, 6.45) is 9.66. The number of nitrogens with zero attached hydrogens (tertiary/aromatic N) is 5. The Balaban J connectivity index is 1.39. The highest BCUT2D eigenvalue weighted by Crippen LogP contribution is 2.34. The molecule has 2 fully saturated rings. The number of aryl methyl sites for hydroxylation is 1. The normalized spacial score (nSPS) is 19.2. The third kappa shape index (κ3) is 4.59. The van der Waals surface area contributed by atoms with Gasteiger partial charge in [-0.3, -0.25) is 9.59 Å². The van der Waals surface area contributed by atoms with Crippen LogP contribution in [0.3, 0.4) is 0 Å². The van der Waals surface area contributed by atoms with Gasteiger partial charge in [0.05, 0.1) is 42.4 Å². The minimum Gasteiger partial charge on any atom is -0.466 e. The number of hydrogen-bond donors (Lipinski definition) is 2. The predicted molar refractivity (Wildman–Crippen MR) is 123 cm³/mol. The molecule has 3 aromatic rings. The first kappa shape index (κ1) is 22.3. The highest BCUT2D eigenvalue weighted by molar-refractivity contribution is 5.96. The van der Waals surface area contributed by atoms with Gasteiger partial charge in [-0.25, -0.2) is 9.67 Å². The van der Waals surface area contributed by atoms with Gasteiger partial charge in [0.25, 0.3) is 5.89 Å². The van der Waals surface area contributed by atoms with Crippen molar-refractivity contribution in [1.82, 2.24) is 30.2 Å². The summed E-state index contributed by atoms with van der Waals surface area (Å²) >= 11 is 0. The number of carbonyl (C=O) groups excluding carboxylic acids is 2. The van der Waals surface area contributed by atoms with E-state index in [1.807, 2.05) is 6.92 Å². The van der Waals surface area contributed by atoms with Gasteiger partial charge in [0.1, 0.15) is 0 Å². The molecule has 1 amide bonds. The number of aromatic nitrogens is 5. The topological polar surface area (TPSA) is 137 Å². The molecule has 4 heterocycles. The van der Waals surface area contributed by atoms with E-state index in [9.17, 15) is 9.59 Å². The quantitative estimate of drug-likeness (QED) is 0.502. The van der Waals surface area contributed by atoms with E-state index >= 15 is 0 Å². The zero-order valence-electron chi connectivity index (χ0n) is 19.2. The van der Waals surface area contributed by atoms with Crippen LogP contribution < -0.4 is 10.6 Å². The maximum Gasteiger partial charge on any atom is 0.307 e. The van der Waals surface area contributed by atoms with Crippen LogP contribution in [0.1, 0.15) is 57.7 Å². The van der Waals surface area contributed by atoms with Crippen LogP contribution in [-0.4, -0.2) is 49.4 Å². The molecule has 3 aromatic heterocycles. The Morgan fingerprint density at radius 2 is 2.06 bits per heavy atom. The van der Waals surface area contributed by atoms with Crippen LogP contribution in [0.15, 0.2) is 16.9 Å². The van der Waals surface area contributed by atoms with Gasteiger partial charge in [-0.1, -0.05) is 24.4 Å². The first-order valence-electron chi connectivity index (χ1n) is 12.0. The maximum atomic E-state index is 12.5. The Kier molecular flexibility index (Phi) is 6.41. The molecular weight excluding hydrogens is 438 g/mol. The smallest absolute Gasteiger partial charge is 0.307 e. The number of cyclic esters (lactones) is 1. The van der Waals surface area contributed by atoms with E-state index in [2.05, 4.69) is 30.9 Å². The molecule has 11 heteroatoms. The van der Waals surface area contributed by atoms with E-state index in [-0.39, 0.29) is 36.8 Å². The molecule has 1 atom stereocenters. The van der Waals surface area contributed by atoms with Crippen molar-refractivity contribution in [2.75, 3.05) is 11.9 Å². The lowest BCUT2D eigenvalue weighted by Gasteiger charge is -2.24. The fourth-order valence-corrected chi connectivity index (χ4v) is 4.69. The second-order valence-electron chi connectivity index (χ2n) is 8.87. The van der Waals surface area contributed by atoms with Crippen LogP contribution in [0.2, 0.25) is 0 Å². The van der Waals surface area contributed by atoms with Gasteiger partial charge in [-0.05, 0) is 19.8 Å². The molecule has 1 aliphatic heterocycles.